The summed E-state index contributed by atoms with van der Waals surface area (Å²) in [5.74, 6) is 1.88. The van der Waals surface area contributed by atoms with Gasteiger partial charge in [0.05, 0.1) is 11.4 Å². The van der Waals surface area contributed by atoms with Gasteiger partial charge in [-0.05, 0) is 24.7 Å². The van der Waals surface area contributed by atoms with E-state index in [2.05, 4.69) is 4.72 Å². The predicted octanol–water partition coefficient (Wildman–Crippen LogP) is 1.94. The van der Waals surface area contributed by atoms with Crippen molar-refractivity contribution < 1.29 is 13.2 Å². The van der Waals surface area contributed by atoms with E-state index in [4.69, 9.17) is 4.74 Å². The summed E-state index contributed by atoms with van der Waals surface area (Å²) in [6.45, 7) is 2.31. The Morgan fingerprint density at radius 2 is 2.25 bits per heavy atom. The number of sulfonamides is 1. The van der Waals surface area contributed by atoms with Gasteiger partial charge >= 0.3 is 0 Å². The van der Waals surface area contributed by atoms with Gasteiger partial charge in [0.1, 0.15) is 0 Å². The highest BCUT2D eigenvalue weighted by Gasteiger charge is 2.35. The molecule has 4 nitrogen and oxygen atoms in total. The summed E-state index contributed by atoms with van der Waals surface area (Å²) in [5, 5.41) is 0. The van der Waals surface area contributed by atoms with E-state index < -0.39 is 10.0 Å². The molecule has 6 heteroatoms. The van der Waals surface area contributed by atoms with Gasteiger partial charge in [0.2, 0.25) is 10.0 Å². The summed E-state index contributed by atoms with van der Waals surface area (Å²) in [4.78, 5) is 0. The van der Waals surface area contributed by atoms with Gasteiger partial charge < -0.3 is 4.74 Å². The summed E-state index contributed by atoms with van der Waals surface area (Å²) in [6.07, 6.45) is 0.890. The number of nitrogens with one attached hydrogen (secondary N) is 1. The number of methoxy groups -OCH3 is 1. The average molecular weight is 315 g/mol. The van der Waals surface area contributed by atoms with Crippen molar-refractivity contribution in [3.8, 4) is 0 Å². The van der Waals surface area contributed by atoms with Gasteiger partial charge in [-0.15, -0.1) is 0 Å². The molecule has 0 bridgehead atoms. The first-order valence-electron chi connectivity index (χ1n) is 6.60. The smallest absolute Gasteiger partial charge is 0.215 e. The minimum absolute atomic E-state index is 0.0155. The molecule has 1 aromatic carbocycles. The van der Waals surface area contributed by atoms with Crippen molar-refractivity contribution in [1.29, 1.82) is 0 Å². The molecule has 0 amide bonds. The first kappa shape index (κ1) is 15.8. The first-order chi connectivity index (χ1) is 9.45. The maximum atomic E-state index is 12.2. The van der Waals surface area contributed by atoms with E-state index in [1.165, 1.54) is 0 Å². The molecule has 112 valence electrons. The van der Waals surface area contributed by atoms with Gasteiger partial charge in [-0.3, -0.25) is 0 Å². The van der Waals surface area contributed by atoms with Crippen molar-refractivity contribution in [2.24, 2.45) is 0 Å². The van der Waals surface area contributed by atoms with E-state index in [9.17, 15) is 8.42 Å². The van der Waals surface area contributed by atoms with Crippen LogP contribution in [0, 0.1) is 6.92 Å². The third-order valence-electron chi connectivity index (χ3n) is 3.55. The van der Waals surface area contributed by atoms with Gasteiger partial charge in [-0.1, -0.05) is 29.8 Å². The van der Waals surface area contributed by atoms with Gasteiger partial charge in [-0.25, -0.2) is 13.1 Å². The van der Waals surface area contributed by atoms with Crippen molar-refractivity contribution in [3.05, 3.63) is 35.4 Å². The zero-order valence-electron chi connectivity index (χ0n) is 11.9. The fourth-order valence-electron chi connectivity index (χ4n) is 2.27. The molecule has 0 aromatic heterocycles. The van der Waals surface area contributed by atoms with Crippen molar-refractivity contribution in [1.82, 2.24) is 4.72 Å². The van der Waals surface area contributed by atoms with Crippen molar-refractivity contribution in [2.75, 3.05) is 25.2 Å². The highest BCUT2D eigenvalue weighted by atomic mass is 32.2. The number of benzene rings is 1. The van der Waals surface area contributed by atoms with Crippen molar-refractivity contribution >= 4 is 21.8 Å². The molecular formula is C14H21NO3S2. The third kappa shape index (κ3) is 4.22. The molecular weight excluding hydrogens is 294 g/mol. The largest absolute Gasteiger partial charge is 0.376 e. The first-order valence-corrected chi connectivity index (χ1v) is 9.41. The molecule has 1 atom stereocenters. The minimum atomic E-state index is -3.33. The number of ether oxygens (including phenoxy) is 1. The summed E-state index contributed by atoms with van der Waals surface area (Å²) in [7, 11) is -1.67. The highest BCUT2D eigenvalue weighted by molar-refractivity contribution is 7.99. The van der Waals surface area contributed by atoms with E-state index in [0.717, 1.165) is 29.1 Å². The molecule has 1 aliphatic heterocycles. The molecule has 1 fully saturated rings. The molecule has 0 aliphatic carbocycles. The van der Waals surface area contributed by atoms with Crippen molar-refractivity contribution in [3.63, 3.8) is 0 Å². The number of hydrogen-bond acceptors (Lipinski definition) is 4. The summed E-state index contributed by atoms with van der Waals surface area (Å²) in [5.41, 5.74) is 1.53. The predicted molar refractivity (Wildman–Crippen MR) is 83.5 cm³/mol. The Hall–Kier alpha value is -0.560. The lowest BCUT2D eigenvalue weighted by Crippen LogP contribution is -2.44. The van der Waals surface area contributed by atoms with E-state index in [1.807, 2.05) is 31.2 Å². The summed E-state index contributed by atoms with van der Waals surface area (Å²) in [6, 6.07) is 7.57. The molecule has 0 saturated carbocycles. The molecule has 1 saturated heterocycles. The van der Waals surface area contributed by atoms with Gasteiger partial charge in [0.15, 0.2) is 0 Å². The second-order valence-corrected chi connectivity index (χ2v) is 8.17. The molecule has 1 aliphatic rings. The molecule has 1 aromatic rings. The lowest BCUT2D eigenvalue weighted by atomic mass is 10.0. The normalized spacial score (nSPS) is 23.1. The van der Waals surface area contributed by atoms with Crippen LogP contribution in [-0.2, 0) is 20.5 Å². The lowest BCUT2D eigenvalue weighted by molar-refractivity contribution is 0.0179. The Morgan fingerprint density at radius 1 is 1.45 bits per heavy atom. The fourth-order valence-corrected chi connectivity index (χ4v) is 4.88. The Bertz CT molecular complexity index is 551. The summed E-state index contributed by atoms with van der Waals surface area (Å²) < 4.78 is 32.5. The van der Waals surface area contributed by atoms with Gasteiger partial charge in [0, 0.05) is 19.4 Å². The van der Waals surface area contributed by atoms with E-state index in [-0.39, 0.29) is 11.4 Å². The van der Waals surface area contributed by atoms with Crippen LogP contribution in [0.25, 0.3) is 0 Å². The molecule has 20 heavy (non-hydrogen) atoms. The molecule has 2 rings (SSSR count). The van der Waals surface area contributed by atoms with Crippen LogP contribution in [0.2, 0.25) is 0 Å². The Morgan fingerprint density at radius 3 is 2.85 bits per heavy atom. The standard InChI is InChI=1S/C14H21NO3S2/c1-12-4-3-5-13(8-12)9-20(16,17)15-10-14(18-2)6-7-19-11-14/h3-5,8,15H,6-7,9-11H2,1-2H3. The van der Waals surface area contributed by atoms with E-state index >= 15 is 0 Å². The average Bonchev–Trinajstić information content (AvgIpc) is 2.86. The topological polar surface area (TPSA) is 55.4 Å². The van der Waals surface area contributed by atoms with Crippen molar-refractivity contribution in [2.45, 2.75) is 24.7 Å². The molecule has 0 spiro atoms. The maximum absolute atomic E-state index is 12.2. The number of thioether (sulfide) groups is 1. The van der Waals surface area contributed by atoms with Crippen LogP contribution in [0.5, 0.6) is 0 Å². The number of aryl methyl sites for hydroxylation is 1. The van der Waals surface area contributed by atoms with E-state index in [1.54, 1.807) is 18.9 Å². The second kappa shape index (κ2) is 6.47. The molecule has 1 N–H and O–H groups in total. The van der Waals surface area contributed by atoms with Gasteiger partial charge in [0.25, 0.3) is 0 Å². The summed E-state index contributed by atoms with van der Waals surface area (Å²) >= 11 is 1.80. The van der Waals surface area contributed by atoms with Crippen LogP contribution in [0.4, 0.5) is 0 Å². The van der Waals surface area contributed by atoms with Crippen LogP contribution < -0.4 is 4.72 Å². The van der Waals surface area contributed by atoms with Crippen LogP contribution >= 0.6 is 11.8 Å². The lowest BCUT2D eigenvalue weighted by Gasteiger charge is -2.26. The number of hydrogen-bond donors (Lipinski definition) is 1. The van der Waals surface area contributed by atoms with Crippen LogP contribution in [0.15, 0.2) is 24.3 Å². The minimum Gasteiger partial charge on any atom is -0.376 e. The Labute approximate surface area is 125 Å². The molecule has 1 unspecified atom stereocenters. The molecule has 1 heterocycles. The SMILES string of the molecule is COC1(CNS(=O)(=O)Cc2cccc(C)c2)CCSC1. The van der Waals surface area contributed by atoms with Crippen LogP contribution in [0.3, 0.4) is 0 Å². The highest BCUT2D eigenvalue weighted by Crippen LogP contribution is 2.30. The number of rotatable bonds is 6. The van der Waals surface area contributed by atoms with E-state index in [0.29, 0.717) is 6.54 Å². The molecule has 0 radical (unpaired) electrons. The Balaban J connectivity index is 1.97. The Kier molecular flexibility index (Phi) is 5.12. The quantitative estimate of drug-likeness (QED) is 0.871. The fraction of sp³-hybridized carbons (Fsp3) is 0.571. The second-order valence-electron chi connectivity index (χ2n) is 5.26. The zero-order chi connectivity index (χ0) is 14.6. The van der Waals surface area contributed by atoms with Crippen LogP contribution in [0.1, 0.15) is 17.5 Å². The van der Waals surface area contributed by atoms with Crippen LogP contribution in [-0.4, -0.2) is 39.2 Å². The maximum Gasteiger partial charge on any atom is 0.215 e. The van der Waals surface area contributed by atoms with Gasteiger partial charge in [-0.2, -0.15) is 11.8 Å². The monoisotopic (exact) mass is 315 g/mol. The third-order valence-corrected chi connectivity index (χ3v) is 6.07. The zero-order valence-corrected chi connectivity index (χ0v) is 13.5.